The summed E-state index contributed by atoms with van der Waals surface area (Å²) in [5.74, 6) is -0.0500. The minimum Gasteiger partial charge on any atom is -0.346 e. The van der Waals surface area contributed by atoms with E-state index in [0.29, 0.717) is 6.54 Å². The predicted molar refractivity (Wildman–Crippen MR) is 66.5 cm³/mol. The summed E-state index contributed by atoms with van der Waals surface area (Å²) in [4.78, 5) is 12.1. The van der Waals surface area contributed by atoms with E-state index in [2.05, 4.69) is 5.32 Å². The Hall–Kier alpha value is -1.35. The topological polar surface area (TPSA) is 55.1 Å². The number of hydrogen-bond donors (Lipinski definition) is 2. The van der Waals surface area contributed by atoms with Gasteiger partial charge < -0.3 is 11.1 Å². The van der Waals surface area contributed by atoms with Crippen molar-refractivity contribution in [1.82, 2.24) is 5.32 Å². The van der Waals surface area contributed by atoms with Crippen LogP contribution >= 0.6 is 0 Å². The van der Waals surface area contributed by atoms with Gasteiger partial charge in [0, 0.05) is 17.6 Å². The molecule has 1 aromatic rings. The maximum atomic E-state index is 12.1. The molecule has 1 rings (SSSR count). The van der Waals surface area contributed by atoms with Crippen molar-refractivity contribution in [2.24, 2.45) is 5.73 Å². The van der Waals surface area contributed by atoms with Crippen molar-refractivity contribution in [3.05, 3.63) is 34.9 Å². The van der Waals surface area contributed by atoms with Gasteiger partial charge in [0.05, 0.1) is 0 Å². The molecule has 0 saturated heterocycles. The second-order valence-electron chi connectivity index (χ2n) is 4.81. The van der Waals surface area contributed by atoms with E-state index in [1.807, 2.05) is 45.9 Å². The molecule has 0 unspecified atom stereocenters. The van der Waals surface area contributed by atoms with Gasteiger partial charge in [0.15, 0.2) is 0 Å². The first-order valence-electron chi connectivity index (χ1n) is 5.46. The Kier molecular flexibility index (Phi) is 3.70. The van der Waals surface area contributed by atoms with Crippen LogP contribution < -0.4 is 11.1 Å². The highest BCUT2D eigenvalue weighted by atomic mass is 16.1. The maximum Gasteiger partial charge on any atom is 0.252 e. The molecule has 0 fully saturated rings. The highest BCUT2D eigenvalue weighted by molar-refractivity contribution is 5.97. The van der Waals surface area contributed by atoms with Crippen molar-refractivity contribution >= 4 is 5.91 Å². The third-order valence-electron chi connectivity index (χ3n) is 2.67. The smallest absolute Gasteiger partial charge is 0.252 e. The van der Waals surface area contributed by atoms with Crippen LogP contribution in [0.25, 0.3) is 0 Å². The van der Waals surface area contributed by atoms with Gasteiger partial charge >= 0.3 is 0 Å². The van der Waals surface area contributed by atoms with Crippen molar-refractivity contribution in [2.45, 2.75) is 33.2 Å². The fourth-order valence-electron chi connectivity index (χ4n) is 1.59. The third-order valence-corrected chi connectivity index (χ3v) is 2.67. The number of nitrogens with two attached hydrogens (primary N) is 1. The first-order chi connectivity index (χ1) is 7.37. The van der Waals surface area contributed by atoms with Crippen molar-refractivity contribution in [1.29, 1.82) is 0 Å². The summed E-state index contributed by atoms with van der Waals surface area (Å²) in [5, 5.41) is 2.94. The number of benzene rings is 1. The number of nitrogens with one attached hydrogen (secondary N) is 1. The maximum absolute atomic E-state index is 12.1. The molecular weight excluding hydrogens is 200 g/mol. The summed E-state index contributed by atoms with van der Waals surface area (Å²) in [6.07, 6.45) is 0. The Labute approximate surface area is 97.0 Å². The standard InChI is InChI=1S/C13H20N2O/c1-9-6-5-7-10(2)11(9)12(16)15-13(3,4)8-14/h5-7H,8,14H2,1-4H3,(H,15,16). The van der Waals surface area contributed by atoms with E-state index in [4.69, 9.17) is 5.73 Å². The predicted octanol–water partition coefficient (Wildman–Crippen LogP) is 1.77. The molecule has 16 heavy (non-hydrogen) atoms. The molecule has 0 bridgehead atoms. The first kappa shape index (κ1) is 12.7. The van der Waals surface area contributed by atoms with E-state index >= 15 is 0 Å². The lowest BCUT2D eigenvalue weighted by Gasteiger charge is -2.25. The molecule has 1 amide bonds. The lowest BCUT2D eigenvalue weighted by Crippen LogP contribution is -2.49. The van der Waals surface area contributed by atoms with Gasteiger partial charge in [-0.1, -0.05) is 18.2 Å². The Bertz CT molecular complexity index is 377. The highest BCUT2D eigenvalue weighted by Gasteiger charge is 2.21. The normalized spacial score (nSPS) is 11.3. The Balaban J connectivity index is 2.98. The van der Waals surface area contributed by atoms with Gasteiger partial charge in [0.1, 0.15) is 0 Å². The van der Waals surface area contributed by atoms with Crippen LogP contribution in [0.4, 0.5) is 0 Å². The van der Waals surface area contributed by atoms with Crippen molar-refractivity contribution in [2.75, 3.05) is 6.54 Å². The van der Waals surface area contributed by atoms with E-state index in [0.717, 1.165) is 16.7 Å². The largest absolute Gasteiger partial charge is 0.346 e. The molecule has 0 aliphatic carbocycles. The van der Waals surface area contributed by atoms with Crippen LogP contribution in [0.2, 0.25) is 0 Å². The van der Waals surface area contributed by atoms with Gasteiger partial charge in [0.25, 0.3) is 5.91 Å². The number of rotatable bonds is 3. The second-order valence-corrected chi connectivity index (χ2v) is 4.81. The molecule has 1 aromatic carbocycles. The van der Waals surface area contributed by atoms with E-state index in [-0.39, 0.29) is 11.4 Å². The van der Waals surface area contributed by atoms with Gasteiger partial charge in [-0.15, -0.1) is 0 Å². The highest BCUT2D eigenvalue weighted by Crippen LogP contribution is 2.14. The lowest BCUT2D eigenvalue weighted by molar-refractivity contribution is 0.0914. The lowest BCUT2D eigenvalue weighted by atomic mass is 10.00. The Morgan fingerprint density at radius 2 is 1.81 bits per heavy atom. The van der Waals surface area contributed by atoms with Gasteiger partial charge in [-0.25, -0.2) is 0 Å². The molecule has 3 nitrogen and oxygen atoms in total. The second kappa shape index (κ2) is 4.66. The molecular formula is C13H20N2O. The Morgan fingerprint density at radius 3 is 2.25 bits per heavy atom. The summed E-state index contributed by atoms with van der Waals surface area (Å²) in [6.45, 7) is 8.13. The van der Waals surface area contributed by atoms with Crippen molar-refractivity contribution < 1.29 is 4.79 Å². The average Bonchev–Trinajstić information content (AvgIpc) is 2.16. The molecule has 0 heterocycles. The quantitative estimate of drug-likeness (QED) is 0.815. The molecule has 88 valence electrons. The molecule has 0 spiro atoms. The minimum absolute atomic E-state index is 0.0500. The van der Waals surface area contributed by atoms with E-state index in [9.17, 15) is 4.79 Å². The van der Waals surface area contributed by atoms with Crippen LogP contribution in [0, 0.1) is 13.8 Å². The van der Waals surface area contributed by atoms with Crippen LogP contribution in [-0.2, 0) is 0 Å². The van der Waals surface area contributed by atoms with Crippen LogP contribution in [0.5, 0.6) is 0 Å². The monoisotopic (exact) mass is 220 g/mol. The average molecular weight is 220 g/mol. The Morgan fingerprint density at radius 1 is 1.31 bits per heavy atom. The zero-order chi connectivity index (χ0) is 12.3. The molecule has 0 atom stereocenters. The third kappa shape index (κ3) is 2.83. The molecule has 0 aliphatic rings. The van der Waals surface area contributed by atoms with Gasteiger partial charge in [-0.2, -0.15) is 0 Å². The summed E-state index contributed by atoms with van der Waals surface area (Å²) in [5.41, 5.74) is 7.96. The van der Waals surface area contributed by atoms with Crippen LogP contribution in [-0.4, -0.2) is 18.0 Å². The number of hydrogen-bond acceptors (Lipinski definition) is 2. The van der Waals surface area contributed by atoms with E-state index in [1.54, 1.807) is 0 Å². The first-order valence-corrected chi connectivity index (χ1v) is 5.46. The van der Waals surface area contributed by atoms with Crippen LogP contribution in [0.15, 0.2) is 18.2 Å². The molecule has 0 saturated carbocycles. The number of carbonyl (C=O) groups is 1. The number of amides is 1. The molecule has 0 radical (unpaired) electrons. The molecule has 3 N–H and O–H groups in total. The van der Waals surface area contributed by atoms with Gasteiger partial charge in [-0.3, -0.25) is 4.79 Å². The fraction of sp³-hybridized carbons (Fsp3) is 0.462. The van der Waals surface area contributed by atoms with E-state index < -0.39 is 0 Å². The summed E-state index contributed by atoms with van der Waals surface area (Å²) < 4.78 is 0. The summed E-state index contributed by atoms with van der Waals surface area (Å²) in [6, 6.07) is 5.84. The SMILES string of the molecule is Cc1cccc(C)c1C(=O)NC(C)(C)CN. The van der Waals surface area contributed by atoms with Crippen LogP contribution in [0.1, 0.15) is 35.3 Å². The van der Waals surface area contributed by atoms with Gasteiger partial charge in [0.2, 0.25) is 0 Å². The molecule has 3 heteroatoms. The zero-order valence-electron chi connectivity index (χ0n) is 10.4. The number of aryl methyl sites for hydroxylation is 2. The minimum atomic E-state index is -0.369. The van der Waals surface area contributed by atoms with Crippen molar-refractivity contribution in [3.8, 4) is 0 Å². The zero-order valence-corrected chi connectivity index (χ0v) is 10.4. The summed E-state index contributed by atoms with van der Waals surface area (Å²) in [7, 11) is 0. The molecule has 0 aromatic heterocycles. The summed E-state index contributed by atoms with van der Waals surface area (Å²) >= 11 is 0. The van der Waals surface area contributed by atoms with Crippen LogP contribution in [0.3, 0.4) is 0 Å². The van der Waals surface area contributed by atoms with Crippen molar-refractivity contribution in [3.63, 3.8) is 0 Å². The van der Waals surface area contributed by atoms with E-state index in [1.165, 1.54) is 0 Å². The van der Waals surface area contributed by atoms with Gasteiger partial charge in [-0.05, 0) is 38.8 Å². The number of carbonyl (C=O) groups excluding carboxylic acids is 1. The molecule has 0 aliphatic heterocycles. The fourth-order valence-corrected chi connectivity index (χ4v) is 1.59.